The molecule has 3 heteroatoms. The maximum absolute atomic E-state index is 11.0. The summed E-state index contributed by atoms with van der Waals surface area (Å²) in [6, 6.07) is 0. The lowest BCUT2D eigenvalue weighted by atomic mass is 9.78. The van der Waals surface area contributed by atoms with Gasteiger partial charge in [0.2, 0.25) is 0 Å². The van der Waals surface area contributed by atoms with Crippen LogP contribution in [-0.2, 0) is 9.53 Å². The quantitative estimate of drug-likeness (QED) is 0.581. The average Bonchev–Trinajstić information content (AvgIpc) is 1.83. The predicted molar refractivity (Wildman–Crippen MR) is 42.1 cm³/mol. The zero-order valence-corrected chi connectivity index (χ0v) is 7.76. The van der Waals surface area contributed by atoms with Gasteiger partial charge < -0.3 is 9.84 Å². The molecule has 11 heavy (non-hydrogen) atoms. The molecule has 3 nitrogen and oxygen atoms in total. The highest BCUT2D eigenvalue weighted by atomic mass is 16.5. The molecule has 0 aliphatic carbocycles. The molecule has 0 fully saturated rings. The first-order chi connectivity index (χ1) is 4.73. The van der Waals surface area contributed by atoms with Gasteiger partial charge in [0.05, 0.1) is 7.11 Å². The van der Waals surface area contributed by atoms with Gasteiger partial charge in [0.25, 0.3) is 0 Å². The van der Waals surface area contributed by atoms with Crippen LogP contribution in [0.5, 0.6) is 0 Å². The number of methoxy groups -OCH3 is 1. The largest absolute Gasteiger partial charge is 0.467 e. The molecule has 0 aromatic rings. The molecular weight excluding hydrogens is 144 g/mol. The van der Waals surface area contributed by atoms with E-state index < -0.39 is 17.0 Å². The van der Waals surface area contributed by atoms with Crippen molar-refractivity contribution in [2.75, 3.05) is 7.11 Å². The average molecular weight is 160 g/mol. The van der Waals surface area contributed by atoms with Crippen LogP contribution in [0.25, 0.3) is 0 Å². The Morgan fingerprint density at radius 1 is 1.27 bits per heavy atom. The fraction of sp³-hybridized carbons (Fsp3) is 0.875. The minimum absolute atomic E-state index is 0.500. The molecule has 0 unspecified atom stereocenters. The van der Waals surface area contributed by atoms with Crippen LogP contribution in [0.2, 0.25) is 0 Å². The van der Waals surface area contributed by atoms with Gasteiger partial charge in [0.15, 0.2) is 5.60 Å². The molecule has 0 bridgehead atoms. The Labute approximate surface area is 67.4 Å². The second-order valence-corrected chi connectivity index (χ2v) is 3.81. The van der Waals surface area contributed by atoms with Gasteiger partial charge in [0, 0.05) is 5.41 Å². The minimum atomic E-state index is -1.41. The molecular formula is C8H16O3. The van der Waals surface area contributed by atoms with Crippen LogP contribution >= 0.6 is 0 Å². The topological polar surface area (TPSA) is 46.5 Å². The Hall–Kier alpha value is -0.570. The van der Waals surface area contributed by atoms with Crippen molar-refractivity contribution in [3.8, 4) is 0 Å². The molecule has 66 valence electrons. The third kappa shape index (κ3) is 1.93. The van der Waals surface area contributed by atoms with E-state index in [1.54, 1.807) is 20.8 Å². The number of esters is 1. The number of hydrogen-bond acceptors (Lipinski definition) is 3. The Bertz CT molecular complexity index is 153. The number of rotatable bonds is 1. The van der Waals surface area contributed by atoms with Crippen LogP contribution in [0.15, 0.2) is 0 Å². The summed E-state index contributed by atoms with van der Waals surface area (Å²) in [6.07, 6.45) is 0. The lowest BCUT2D eigenvalue weighted by Gasteiger charge is -2.33. The van der Waals surface area contributed by atoms with Gasteiger partial charge in [0.1, 0.15) is 0 Å². The molecule has 0 aromatic carbocycles. The van der Waals surface area contributed by atoms with Gasteiger partial charge in [-0.25, -0.2) is 4.79 Å². The van der Waals surface area contributed by atoms with Gasteiger partial charge in [-0.05, 0) is 6.92 Å². The van der Waals surface area contributed by atoms with E-state index in [9.17, 15) is 9.90 Å². The van der Waals surface area contributed by atoms with Crippen molar-refractivity contribution in [1.29, 1.82) is 0 Å². The van der Waals surface area contributed by atoms with Crippen LogP contribution < -0.4 is 0 Å². The molecule has 1 atom stereocenters. The molecule has 0 aliphatic heterocycles. The second-order valence-electron chi connectivity index (χ2n) is 3.81. The Kier molecular flexibility index (Phi) is 2.67. The molecule has 0 spiro atoms. The number of carbonyl (C=O) groups is 1. The highest BCUT2D eigenvalue weighted by Gasteiger charge is 2.43. The van der Waals surface area contributed by atoms with Gasteiger partial charge in [-0.1, -0.05) is 20.8 Å². The lowest BCUT2D eigenvalue weighted by molar-refractivity contribution is -0.171. The lowest BCUT2D eigenvalue weighted by Crippen LogP contribution is -2.47. The molecule has 0 aromatic heterocycles. The fourth-order valence-corrected chi connectivity index (χ4v) is 0.505. The van der Waals surface area contributed by atoms with Crippen molar-refractivity contribution < 1.29 is 14.6 Å². The minimum Gasteiger partial charge on any atom is -0.467 e. The van der Waals surface area contributed by atoms with Crippen molar-refractivity contribution in [2.24, 2.45) is 5.41 Å². The predicted octanol–water partition coefficient (Wildman–Crippen LogP) is 0.956. The monoisotopic (exact) mass is 160 g/mol. The van der Waals surface area contributed by atoms with Crippen molar-refractivity contribution in [2.45, 2.75) is 33.3 Å². The van der Waals surface area contributed by atoms with Crippen LogP contribution in [0.1, 0.15) is 27.7 Å². The summed E-state index contributed by atoms with van der Waals surface area (Å²) in [5.74, 6) is -0.593. The van der Waals surface area contributed by atoms with Crippen LogP contribution in [0.4, 0.5) is 0 Å². The van der Waals surface area contributed by atoms with Crippen molar-refractivity contribution in [1.82, 2.24) is 0 Å². The Morgan fingerprint density at radius 2 is 1.64 bits per heavy atom. The first-order valence-corrected chi connectivity index (χ1v) is 3.54. The molecule has 1 N–H and O–H groups in total. The maximum Gasteiger partial charge on any atom is 0.338 e. The van der Waals surface area contributed by atoms with Crippen LogP contribution in [0, 0.1) is 5.41 Å². The molecule has 0 saturated carbocycles. The summed E-state index contributed by atoms with van der Waals surface area (Å²) in [7, 11) is 1.27. The number of carbonyl (C=O) groups excluding carboxylic acids is 1. The first-order valence-electron chi connectivity index (χ1n) is 3.54. The molecule has 0 rings (SSSR count). The zero-order chi connectivity index (χ0) is 9.28. The van der Waals surface area contributed by atoms with Gasteiger partial charge in [-0.15, -0.1) is 0 Å². The Morgan fingerprint density at radius 3 is 1.73 bits per heavy atom. The van der Waals surface area contributed by atoms with Gasteiger partial charge in [-0.3, -0.25) is 0 Å². The standard InChI is InChI=1S/C8H16O3/c1-7(2,3)8(4,10)6(9)11-5/h10H,1-5H3/t8-/m1/s1. The highest BCUT2D eigenvalue weighted by molar-refractivity contribution is 5.79. The van der Waals surface area contributed by atoms with E-state index in [1.807, 2.05) is 0 Å². The highest BCUT2D eigenvalue weighted by Crippen LogP contribution is 2.30. The van der Waals surface area contributed by atoms with E-state index in [4.69, 9.17) is 0 Å². The number of hydrogen-bond donors (Lipinski definition) is 1. The third-order valence-corrected chi connectivity index (χ3v) is 2.04. The van der Waals surface area contributed by atoms with Gasteiger partial charge in [-0.2, -0.15) is 0 Å². The van der Waals surface area contributed by atoms with Gasteiger partial charge >= 0.3 is 5.97 Å². The fourth-order valence-electron chi connectivity index (χ4n) is 0.505. The smallest absolute Gasteiger partial charge is 0.338 e. The summed E-state index contributed by atoms with van der Waals surface area (Å²) >= 11 is 0. The molecule has 0 amide bonds. The zero-order valence-electron chi connectivity index (χ0n) is 7.76. The van der Waals surface area contributed by atoms with E-state index in [-0.39, 0.29) is 0 Å². The summed E-state index contributed by atoms with van der Waals surface area (Å²) in [5.41, 5.74) is -1.91. The molecule has 0 radical (unpaired) electrons. The normalized spacial score (nSPS) is 17.3. The summed E-state index contributed by atoms with van der Waals surface area (Å²) in [5, 5.41) is 9.64. The number of aliphatic hydroxyl groups is 1. The van der Waals surface area contributed by atoms with Crippen molar-refractivity contribution in [3.05, 3.63) is 0 Å². The van der Waals surface area contributed by atoms with Crippen LogP contribution in [-0.4, -0.2) is 23.8 Å². The van der Waals surface area contributed by atoms with E-state index in [0.717, 1.165) is 0 Å². The van der Waals surface area contributed by atoms with E-state index in [1.165, 1.54) is 14.0 Å². The number of ether oxygens (including phenoxy) is 1. The Balaban J connectivity index is 4.59. The molecule has 0 saturated heterocycles. The second kappa shape index (κ2) is 2.81. The third-order valence-electron chi connectivity index (χ3n) is 2.04. The molecule has 0 aliphatic rings. The summed E-state index contributed by atoms with van der Waals surface area (Å²) in [4.78, 5) is 11.0. The molecule has 0 heterocycles. The summed E-state index contributed by atoms with van der Waals surface area (Å²) < 4.78 is 4.45. The van der Waals surface area contributed by atoms with Crippen molar-refractivity contribution >= 4 is 5.97 Å². The van der Waals surface area contributed by atoms with E-state index in [0.29, 0.717) is 0 Å². The van der Waals surface area contributed by atoms with Crippen LogP contribution in [0.3, 0.4) is 0 Å². The maximum atomic E-state index is 11.0. The van der Waals surface area contributed by atoms with E-state index >= 15 is 0 Å². The summed E-state index contributed by atoms with van der Waals surface area (Å²) in [6.45, 7) is 6.80. The van der Waals surface area contributed by atoms with Crippen molar-refractivity contribution in [3.63, 3.8) is 0 Å². The van der Waals surface area contributed by atoms with E-state index in [2.05, 4.69) is 4.74 Å². The first kappa shape index (κ1) is 10.4. The SMILES string of the molecule is COC(=O)[C@@](C)(O)C(C)(C)C.